The largest absolute Gasteiger partial charge is 0.449 e. The average molecular weight is 272 g/mol. The predicted molar refractivity (Wildman–Crippen MR) is 69.3 cm³/mol. The van der Waals surface area contributed by atoms with Gasteiger partial charge in [-0.15, -0.1) is 0 Å². The topological polar surface area (TPSA) is 72.2 Å². The van der Waals surface area contributed by atoms with E-state index in [4.69, 9.17) is 4.42 Å². The van der Waals surface area contributed by atoms with E-state index in [-0.39, 0.29) is 5.25 Å². The molecule has 1 N–H and O–H groups in total. The van der Waals surface area contributed by atoms with E-state index in [2.05, 4.69) is 10.3 Å². The summed E-state index contributed by atoms with van der Waals surface area (Å²) >= 11 is 0. The minimum absolute atomic E-state index is 0.290. The van der Waals surface area contributed by atoms with Gasteiger partial charge in [-0.05, 0) is 39.3 Å². The predicted octanol–water partition coefficient (Wildman–Crippen LogP) is 0.946. The maximum absolute atomic E-state index is 11.7. The molecular weight excluding hydrogens is 252 g/mol. The highest BCUT2D eigenvalue weighted by molar-refractivity contribution is 7.92. The number of hydrogen-bond donors (Lipinski definition) is 1. The van der Waals surface area contributed by atoms with Crippen molar-refractivity contribution in [1.29, 1.82) is 0 Å². The van der Waals surface area contributed by atoms with Gasteiger partial charge in [-0.3, -0.25) is 0 Å². The number of aromatic nitrogens is 1. The molecule has 1 atom stereocenters. The molecule has 2 rings (SSSR count). The summed E-state index contributed by atoms with van der Waals surface area (Å²) in [5.41, 5.74) is 0.913. The Kier molecular flexibility index (Phi) is 4.40. The van der Waals surface area contributed by atoms with Gasteiger partial charge in [0.2, 0.25) is 0 Å². The lowest BCUT2D eigenvalue weighted by molar-refractivity contribution is 0.482. The van der Waals surface area contributed by atoms with E-state index in [1.54, 1.807) is 6.26 Å². The third-order valence-corrected chi connectivity index (χ3v) is 5.60. The van der Waals surface area contributed by atoms with Crippen LogP contribution in [0.2, 0.25) is 0 Å². The fourth-order valence-corrected chi connectivity index (χ4v) is 4.11. The standard InChI is InChI=1S/C12H20N2O3S/c1-13-6-2-4-10-9-17-12(14-10)8-11-5-3-7-18(11,15)16/h9,11,13H,2-8H2,1H3. The van der Waals surface area contributed by atoms with Crippen LogP contribution >= 0.6 is 0 Å². The molecule has 1 aliphatic rings. The number of hydrogen-bond acceptors (Lipinski definition) is 5. The molecule has 1 unspecified atom stereocenters. The third kappa shape index (κ3) is 3.32. The molecule has 5 nitrogen and oxygen atoms in total. The fraction of sp³-hybridized carbons (Fsp3) is 0.750. The number of oxazole rings is 1. The van der Waals surface area contributed by atoms with Crippen LogP contribution in [0, 0.1) is 0 Å². The summed E-state index contributed by atoms with van der Waals surface area (Å²) in [6, 6.07) is 0. The van der Waals surface area contributed by atoms with Crippen molar-refractivity contribution in [3.8, 4) is 0 Å². The summed E-state index contributed by atoms with van der Waals surface area (Å²) in [4.78, 5) is 4.35. The molecule has 1 aromatic heterocycles. The van der Waals surface area contributed by atoms with Crippen LogP contribution in [0.3, 0.4) is 0 Å². The second-order valence-corrected chi connectivity index (χ2v) is 7.18. The van der Waals surface area contributed by atoms with Gasteiger partial charge in [0.15, 0.2) is 15.7 Å². The first-order chi connectivity index (χ1) is 8.62. The smallest absolute Gasteiger partial charge is 0.195 e. The molecule has 0 aliphatic carbocycles. The Morgan fingerprint density at radius 2 is 2.39 bits per heavy atom. The van der Waals surface area contributed by atoms with Crippen molar-refractivity contribution in [1.82, 2.24) is 10.3 Å². The Bertz CT molecular complexity index is 481. The summed E-state index contributed by atoms with van der Waals surface area (Å²) < 4.78 is 28.8. The van der Waals surface area contributed by atoms with Crippen molar-refractivity contribution in [3.05, 3.63) is 17.8 Å². The number of aryl methyl sites for hydroxylation is 1. The monoisotopic (exact) mass is 272 g/mol. The summed E-state index contributed by atoms with van der Waals surface area (Å²) in [7, 11) is -0.991. The van der Waals surface area contributed by atoms with Gasteiger partial charge < -0.3 is 9.73 Å². The SMILES string of the molecule is CNCCCc1coc(CC2CCCS2(=O)=O)n1. The highest BCUT2D eigenvalue weighted by atomic mass is 32.2. The van der Waals surface area contributed by atoms with E-state index >= 15 is 0 Å². The summed E-state index contributed by atoms with van der Waals surface area (Å²) in [6.07, 6.45) is 5.44. The third-order valence-electron chi connectivity index (χ3n) is 3.32. The van der Waals surface area contributed by atoms with Crippen LogP contribution in [0.1, 0.15) is 30.8 Å². The van der Waals surface area contributed by atoms with Gasteiger partial charge >= 0.3 is 0 Å². The summed E-state index contributed by atoms with van der Waals surface area (Å²) in [6.45, 7) is 0.944. The lowest BCUT2D eigenvalue weighted by atomic mass is 10.2. The van der Waals surface area contributed by atoms with Crippen molar-refractivity contribution in [2.45, 2.75) is 37.4 Å². The number of nitrogens with zero attached hydrogens (tertiary/aromatic N) is 1. The molecular formula is C12H20N2O3S. The Morgan fingerprint density at radius 3 is 3.06 bits per heavy atom. The molecule has 0 saturated carbocycles. The molecule has 1 aromatic rings. The Morgan fingerprint density at radius 1 is 1.56 bits per heavy atom. The van der Waals surface area contributed by atoms with E-state index in [9.17, 15) is 8.42 Å². The Hall–Kier alpha value is -0.880. The highest BCUT2D eigenvalue weighted by Gasteiger charge is 2.32. The molecule has 0 amide bonds. The number of nitrogens with one attached hydrogen (secondary N) is 1. The van der Waals surface area contributed by atoms with Crippen LogP contribution in [0.4, 0.5) is 0 Å². The normalized spacial score (nSPS) is 22.4. The van der Waals surface area contributed by atoms with E-state index in [1.165, 1.54) is 0 Å². The van der Waals surface area contributed by atoms with Gasteiger partial charge in [-0.1, -0.05) is 0 Å². The molecule has 0 aromatic carbocycles. The number of sulfone groups is 1. The van der Waals surface area contributed by atoms with E-state index in [1.807, 2.05) is 7.05 Å². The van der Waals surface area contributed by atoms with Crippen LogP contribution in [-0.2, 0) is 22.7 Å². The quantitative estimate of drug-likeness (QED) is 0.781. The van der Waals surface area contributed by atoms with Crippen LogP contribution in [0.25, 0.3) is 0 Å². The molecule has 1 saturated heterocycles. The molecule has 2 heterocycles. The maximum atomic E-state index is 11.7. The Balaban J connectivity index is 1.90. The zero-order valence-electron chi connectivity index (χ0n) is 10.7. The van der Waals surface area contributed by atoms with Crippen LogP contribution in [0.5, 0.6) is 0 Å². The van der Waals surface area contributed by atoms with E-state index in [0.717, 1.165) is 37.9 Å². The second-order valence-electron chi connectivity index (χ2n) is 4.78. The van der Waals surface area contributed by atoms with Crippen molar-refractivity contribution in [2.75, 3.05) is 19.3 Å². The zero-order chi connectivity index (χ0) is 13.0. The van der Waals surface area contributed by atoms with Crippen molar-refractivity contribution in [2.24, 2.45) is 0 Å². The van der Waals surface area contributed by atoms with Gasteiger partial charge in [0.1, 0.15) is 6.26 Å². The van der Waals surface area contributed by atoms with Crippen LogP contribution in [-0.4, -0.2) is 38.0 Å². The summed E-state index contributed by atoms with van der Waals surface area (Å²) in [5.74, 6) is 0.873. The van der Waals surface area contributed by atoms with E-state index in [0.29, 0.717) is 18.1 Å². The first kappa shape index (κ1) is 13.5. The summed E-state index contributed by atoms with van der Waals surface area (Å²) in [5, 5.41) is 2.79. The molecule has 1 fully saturated rings. The molecule has 0 spiro atoms. The fourth-order valence-electron chi connectivity index (χ4n) is 2.29. The van der Waals surface area contributed by atoms with Gasteiger partial charge in [0.05, 0.1) is 16.7 Å². The number of rotatable bonds is 6. The maximum Gasteiger partial charge on any atom is 0.195 e. The molecule has 0 radical (unpaired) electrons. The van der Waals surface area contributed by atoms with Crippen molar-refractivity contribution in [3.63, 3.8) is 0 Å². The average Bonchev–Trinajstić information content (AvgIpc) is 2.88. The van der Waals surface area contributed by atoms with Crippen molar-refractivity contribution < 1.29 is 12.8 Å². The molecule has 1 aliphatic heterocycles. The van der Waals surface area contributed by atoms with E-state index < -0.39 is 9.84 Å². The lowest BCUT2D eigenvalue weighted by Gasteiger charge is -2.05. The van der Waals surface area contributed by atoms with Gasteiger partial charge in [0, 0.05) is 6.42 Å². The minimum Gasteiger partial charge on any atom is -0.449 e. The first-order valence-electron chi connectivity index (χ1n) is 6.41. The van der Waals surface area contributed by atoms with Crippen LogP contribution in [0.15, 0.2) is 10.7 Å². The van der Waals surface area contributed by atoms with Gasteiger partial charge in [-0.2, -0.15) is 0 Å². The van der Waals surface area contributed by atoms with Gasteiger partial charge in [0.25, 0.3) is 0 Å². The molecule has 0 bridgehead atoms. The van der Waals surface area contributed by atoms with Crippen molar-refractivity contribution >= 4 is 9.84 Å². The lowest BCUT2D eigenvalue weighted by Crippen LogP contribution is -2.18. The molecule has 6 heteroatoms. The second kappa shape index (κ2) is 5.84. The Labute approximate surface area is 108 Å². The highest BCUT2D eigenvalue weighted by Crippen LogP contribution is 2.23. The zero-order valence-corrected chi connectivity index (χ0v) is 11.5. The van der Waals surface area contributed by atoms with Gasteiger partial charge in [-0.25, -0.2) is 13.4 Å². The first-order valence-corrected chi connectivity index (χ1v) is 8.13. The molecule has 18 heavy (non-hydrogen) atoms. The van der Waals surface area contributed by atoms with Crippen LogP contribution < -0.4 is 5.32 Å². The molecule has 102 valence electrons. The minimum atomic E-state index is -2.91.